The minimum absolute atomic E-state index is 0.0306. The van der Waals surface area contributed by atoms with Crippen molar-refractivity contribution in [2.45, 2.75) is 13.1 Å². The number of hydrogen-bond acceptors (Lipinski definition) is 4. The van der Waals surface area contributed by atoms with E-state index in [0.29, 0.717) is 11.0 Å². The van der Waals surface area contributed by atoms with E-state index in [1.54, 1.807) is 24.3 Å². The summed E-state index contributed by atoms with van der Waals surface area (Å²) in [5.74, 6) is -0.412. The third-order valence-electron chi connectivity index (χ3n) is 2.96. The van der Waals surface area contributed by atoms with Gasteiger partial charge >= 0.3 is 6.18 Å². The van der Waals surface area contributed by atoms with E-state index in [-0.39, 0.29) is 5.57 Å². The molecule has 0 atom stereocenters. The molecular weight excluding hydrogens is 295 g/mol. The minimum atomic E-state index is -4.61. The Morgan fingerprint density at radius 1 is 1.36 bits per heavy atom. The number of allylic oxidation sites excluding steroid dienone is 2. The van der Waals surface area contributed by atoms with Gasteiger partial charge in [0.1, 0.15) is 11.1 Å². The van der Waals surface area contributed by atoms with Crippen LogP contribution in [0.3, 0.4) is 0 Å². The molecule has 0 spiro atoms. The Morgan fingerprint density at radius 3 is 2.64 bits per heavy atom. The van der Waals surface area contributed by atoms with E-state index in [2.05, 4.69) is 27.3 Å². The van der Waals surface area contributed by atoms with E-state index < -0.39 is 17.6 Å². The molecule has 0 saturated heterocycles. The summed E-state index contributed by atoms with van der Waals surface area (Å²) in [6.45, 7) is 4.59. The summed E-state index contributed by atoms with van der Waals surface area (Å²) in [5, 5.41) is 10.2. The minimum Gasteiger partial charge on any atom is -0.394 e. The number of nitrogens with one attached hydrogen (secondary N) is 1. The molecule has 0 amide bonds. The average Bonchev–Trinajstić information content (AvgIpc) is 2.87. The van der Waals surface area contributed by atoms with Gasteiger partial charge in [0, 0.05) is 7.05 Å². The number of para-hydroxylation sites is 1. The smallest absolute Gasteiger partial charge is 0.394 e. The summed E-state index contributed by atoms with van der Waals surface area (Å²) in [6.07, 6.45) is -3.37. The molecule has 22 heavy (non-hydrogen) atoms. The van der Waals surface area contributed by atoms with E-state index in [1.165, 1.54) is 20.2 Å². The number of benzene rings is 1. The number of fused-ring (bicyclic) bond motifs is 1. The van der Waals surface area contributed by atoms with Crippen LogP contribution in [0, 0.1) is 0 Å². The molecule has 116 valence electrons. The fourth-order valence-electron chi connectivity index (χ4n) is 2.09. The van der Waals surface area contributed by atoms with Gasteiger partial charge in [0.25, 0.3) is 0 Å². The molecule has 0 radical (unpaired) electrons. The van der Waals surface area contributed by atoms with Crippen LogP contribution in [0.1, 0.15) is 6.92 Å². The second-order valence-corrected chi connectivity index (χ2v) is 4.46. The van der Waals surface area contributed by atoms with E-state index in [4.69, 9.17) is 0 Å². The molecule has 1 heterocycles. The van der Waals surface area contributed by atoms with Crippen molar-refractivity contribution in [3.05, 3.63) is 41.6 Å². The number of alkyl halides is 3. The van der Waals surface area contributed by atoms with E-state index in [1.807, 2.05) is 0 Å². The molecule has 0 aliphatic carbocycles. The van der Waals surface area contributed by atoms with Crippen LogP contribution in [0.5, 0.6) is 0 Å². The molecule has 8 heteroatoms. The predicted octanol–water partition coefficient (Wildman–Crippen LogP) is 2.99. The highest BCUT2D eigenvalue weighted by atomic mass is 19.4. The van der Waals surface area contributed by atoms with Gasteiger partial charge in [-0.05, 0) is 37.5 Å². The van der Waals surface area contributed by atoms with Gasteiger partial charge in [-0.3, -0.25) is 0 Å². The lowest BCUT2D eigenvalue weighted by atomic mass is 10.1. The first-order valence-electron chi connectivity index (χ1n) is 6.33. The average molecular weight is 309 g/mol. The van der Waals surface area contributed by atoms with E-state index >= 15 is 0 Å². The molecule has 1 N–H and O–H groups in total. The molecular formula is C14H14F3N5. The van der Waals surface area contributed by atoms with Crippen molar-refractivity contribution in [2.75, 3.05) is 7.05 Å². The van der Waals surface area contributed by atoms with Crippen molar-refractivity contribution in [1.29, 1.82) is 0 Å². The van der Waals surface area contributed by atoms with Crippen molar-refractivity contribution in [2.24, 2.45) is 4.99 Å². The third-order valence-corrected chi connectivity index (χ3v) is 2.96. The van der Waals surface area contributed by atoms with E-state index in [9.17, 15) is 13.2 Å². The summed E-state index contributed by atoms with van der Waals surface area (Å²) in [7, 11) is 1.52. The van der Waals surface area contributed by atoms with Crippen LogP contribution in [-0.2, 0) is 0 Å². The van der Waals surface area contributed by atoms with Gasteiger partial charge in [0.2, 0.25) is 0 Å². The highest BCUT2D eigenvalue weighted by Crippen LogP contribution is 2.36. The first-order valence-corrected chi connectivity index (χ1v) is 6.33. The summed E-state index contributed by atoms with van der Waals surface area (Å²) >= 11 is 0. The number of nitrogens with zero attached hydrogens (tertiary/aromatic N) is 4. The molecule has 0 fully saturated rings. The Labute approximate surface area is 124 Å². The lowest BCUT2D eigenvalue weighted by Crippen LogP contribution is -2.18. The molecule has 1 aromatic heterocycles. The SMILES string of the molecule is C=N/C(=C(\C(C)=C/NC)C(F)(F)F)n1nnc2ccccc21. The Morgan fingerprint density at radius 2 is 2.05 bits per heavy atom. The summed E-state index contributed by atoms with van der Waals surface area (Å²) in [5.41, 5.74) is -0.0613. The highest BCUT2D eigenvalue weighted by Gasteiger charge is 2.38. The van der Waals surface area contributed by atoms with Crippen LogP contribution in [0.4, 0.5) is 13.2 Å². The van der Waals surface area contributed by atoms with Crippen molar-refractivity contribution >= 4 is 23.6 Å². The van der Waals surface area contributed by atoms with Crippen molar-refractivity contribution in [3.63, 3.8) is 0 Å². The molecule has 2 rings (SSSR count). The van der Waals surface area contributed by atoms with Crippen molar-refractivity contribution in [3.8, 4) is 0 Å². The Hall–Kier alpha value is -2.64. The van der Waals surface area contributed by atoms with Crippen LogP contribution >= 0.6 is 0 Å². The second kappa shape index (κ2) is 6.00. The standard InChI is InChI=1S/C14H14F3N5/c1-9(8-18-2)12(14(15,16)17)13(19-3)22-11-7-5-4-6-10(11)20-21-22/h4-8,18H,3H2,1-2H3/b9-8-,13-12-. The van der Waals surface area contributed by atoms with Gasteiger partial charge in [0.15, 0.2) is 5.82 Å². The zero-order chi connectivity index (χ0) is 16.3. The van der Waals surface area contributed by atoms with Crippen LogP contribution in [0.15, 0.2) is 46.6 Å². The Kier molecular flexibility index (Phi) is 4.30. The maximum Gasteiger partial charge on any atom is 0.420 e. The molecule has 0 unspecified atom stereocenters. The molecule has 2 aromatic rings. The maximum atomic E-state index is 13.4. The summed E-state index contributed by atoms with van der Waals surface area (Å²) in [6, 6.07) is 6.68. The second-order valence-electron chi connectivity index (χ2n) is 4.46. The van der Waals surface area contributed by atoms with E-state index in [0.717, 1.165) is 4.68 Å². The number of hydrogen-bond donors (Lipinski definition) is 1. The third kappa shape index (κ3) is 2.85. The largest absolute Gasteiger partial charge is 0.420 e. The summed E-state index contributed by atoms with van der Waals surface area (Å²) in [4.78, 5) is 3.55. The van der Waals surface area contributed by atoms with Gasteiger partial charge in [-0.1, -0.05) is 17.3 Å². The summed E-state index contributed by atoms with van der Waals surface area (Å²) < 4.78 is 41.4. The molecule has 0 aliphatic rings. The van der Waals surface area contributed by atoms with Gasteiger partial charge < -0.3 is 5.32 Å². The highest BCUT2D eigenvalue weighted by molar-refractivity contribution is 5.79. The fraction of sp³-hybridized carbons (Fsp3) is 0.214. The molecule has 5 nitrogen and oxygen atoms in total. The van der Waals surface area contributed by atoms with Gasteiger partial charge in [-0.2, -0.15) is 17.9 Å². The quantitative estimate of drug-likeness (QED) is 0.698. The van der Waals surface area contributed by atoms with Crippen LogP contribution in [0.25, 0.3) is 16.9 Å². The zero-order valence-corrected chi connectivity index (χ0v) is 12.0. The maximum absolute atomic E-state index is 13.4. The molecule has 0 aliphatic heterocycles. The van der Waals surface area contributed by atoms with Crippen molar-refractivity contribution in [1.82, 2.24) is 20.3 Å². The van der Waals surface area contributed by atoms with Crippen LogP contribution in [0.2, 0.25) is 0 Å². The molecule has 1 aromatic carbocycles. The first-order chi connectivity index (χ1) is 10.4. The van der Waals surface area contributed by atoms with Crippen LogP contribution < -0.4 is 5.32 Å². The fourth-order valence-corrected chi connectivity index (χ4v) is 2.09. The number of rotatable bonds is 4. The van der Waals surface area contributed by atoms with Crippen molar-refractivity contribution < 1.29 is 13.2 Å². The number of halogens is 3. The van der Waals surface area contributed by atoms with Gasteiger partial charge in [0.05, 0.1) is 5.52 Å². The van der Waals surface area contributed by atoms with Gasteiger partial charge in [-0.25, -0.2) is 4.99 Å². The lowest BCUT2D eigenvalue weighted by Gasteiger charge is -2.16. The normalized spacial score (nSPS) is 14.0. The molecule has 0 saturated carbocycles. The monoisotopic (exact) mass is 309 g/mol. The number of aromatic nitrogens is 3. The topological polar surface area (TPSA) is 55.1 Å². The lowest BCUT2D eigenvalue weighted by molar-refractivity contribution is -0.0891. The zero-order valence-electron chi connectivity index (χ0n) is 12.0. The van der Waals surface area contributed by atoms with Crippen LogP contribution in [-0.4, -0.2) is 34.9 Å². The number of aliphatic imine (C=N–C) groups is 1. The molecule has 0 bridgehead atoms. The first kappa shape index (κ1) is 15.7. The van der Waals surface area contributed by atoms with Gasteiger partial charge in [-0.15, -0.1) is 5.10 Å². The predicted molar refractivity (Wildman–Crippen MR) is 79.2 cm³/mol. The Bertz CT molecular complexity index is 755. The Balaban J connectivity index is 2.79.